The molecule has 3 rings (SSSR count). The molecule has 9 heteroatoms. The van der Waals surface area contributed by atoms with Gasteiger partial charge >= 0.3 is 5.97 Å². The number of nitrogens with one attached hydrogen (secondary N) is 1. The quantitative estimate of drug-likeness (QED) is 0.812. The smallest absolute Gasteiger partial charge is 0.335 e. The molecule has 0 saturated heterocycles. The molecule has 1 heterocycles. The second-order valence-corrected chi connectivity index (χ2v) is 7.08. The van der Waals surface area contributed by atoms with Crippen LogP contribution < -0.4 is 15.0 Å². The molecular formula is C19H16ClFN2O5. The zero-order valence-corrected chi connectivity index (χ0v) is 15.7. The number of carboxylic acid groups (broad SMARTS) is 1. The first-order valence-electron chi connectivity index (χ1n) is 8.22. The Morgan fingerprint density at radius 3 is 2.61 bits per heavy atom. The average molecular weight is 407 g/mol. The summed E-state index contributed by atoms with van der Waals surface area (Å²) in [4.78, 5) is 37.7. The van der Waals surface area contributed by atoms with Crippen molar-refractivity contribution in [1.29, 1.82) is 0 Å². The molecule has 146 valence electrons. The summed E-state index contributed by atoms with van der Waals surface area (Å²) in [5.41, 5.74) is -0.852. The lowest BCUT2D eigenvalue weighted by atomic mass is 10.0. The SMILES string of the molecule is CC1(C)Oc2ccc(C(=O)O)cc2N(CC(=O)Nc2ccc(F)c(Cl)c2)C1=O. The van der Waals surface area contributed by atoms with Crippen molar-refractivity contribution in [2.24, 2.45) is 0 Å². The van der Waals surface area contributed by atoms with E-state index in [1.807, 2.05) is 0 Å². The zero-order chi connectivity index (χ0) is 20.6. The molecule has 0 atom stereocenters. The maximum Gasteiger partial charge on any atom is 0.335 e. The Kier molecular flexibility index (Phi) is 4.99. The summed E-state index contributed by atoms with van der Waals surface area (Å²) in [6.45, 7) is 2.71. The van der Waals surface area contributed by atoms with E-state index in [0.717, 1.165) is 11.0 Å². The summed E-state index contributed by atoms with van der Waals surface area (Å²) in [7, 11) is 0. The molecule has 0 radical (unpaired) electrons. The van der Waals surface area contributed by atoms with Crippen molar-refractivity contribution in [3.05, 3.63) is 52.8 Å². The number of amides is 2. The minimum absolute atomic E-state index is 0.0504. The summed E-state index contributed by atoms with van der Waals surface area (Å²) >= 11 is 5.70. The van der Waals surface area contributed by atoms with Gasteiger partial charge in [-0.25, -0.2) is 9.18 Å². The predicted molar refractivity (Wildman–Crippen MR) is 101 cm³/mol. The molecule has 2 aromatic carbocycles. The number of carbonyl (C=O) groups is 3. The first-order chi connectivity index (χ1) is 13.1. The van der Waals surface area contributed by atoms with E-state index in [1.165, 1.54) is 30.3 Å². The fraction of sp³-hybridized carbons (Fsp3) is 0.211. The number of hydrogen-bond acceptors (Lipinski definition) is 4. The second-order valence-electron chi connectivity index (χ2n) is 6.67. The molecule has 0 spiro atoms. The molecule has 0 saturated carbocycles. The van der Waals surface area contributed by atoms with Gasteiger partial charge in [-0.15, -0.1) is 0 Å². The number of carbonyl (C=O) groups excluding carboxylic acids is 2. The normalized spacial score (nSPS) is 14.9. The Hall–Kier alpha value is -3.13. The summed E-state index contributed by atoms with van der Waals surface area (Å²) < 4.78 is 18.9. The van der Waals surface area contributed by atoms with Crippen LogP contribution in [0.1, 0.15) is 24.2 Å². The lowest BCUT2D eigenvalue weighted by Gasteiger charge is -2.38. The lowest BCUT2D eigenvalue weighted by Crippen LogP contribution is -2.54. The van der Waals surface area contributed by atoms with Gasteiger partial charge in [0.1, 0.15) is 18.1 Å². The number of benzene rings is 2. The number of halogens is 2. The highest BCUT2D eigenvalue weighted by Crippen LogP contribution is 2.38. The van der Waals surface area contributed by atoms with Crippen molar-refractivity contribution in [1.82, 2.24) is 0 Å². The Labute approximate surface area is 164 Å². The van der Waals surface area contributed by atoms with Gasteiger partial charge in [-0.05, 0) is 50.2 Å². The molecule has 2 amide bonds. The van der Waals surface area contributed by atoms with E-state index < -0.39 is 35.7 Å². The van der Waals surface area contributed by atoms with Crippen LogP contribution in [-0.4, -0.2) is 35.0 Å². The van der Waals surface area contributed by atoms with E-state index in [-0.39, 0.29) is 27.7 Å². The summed E-state index contributed by atoms with van der Waals surface area (Å²) in [5.74, 6) is -2.59. The maximum absolute atomic E-state index is 13.3. The topological polar surface area (TPSA) is 95.9 Å². The van der Waals surface area contributed by atoms with Gasteiger partial charge in [0.15, 0.2) is 5.60 Å². The minimum atomic E-state index is -1.24. The highest BCUT2D eigenvalue weighted by Gasteiger charge is 2.41. The van der Waals surface area contributed by atoms with E-state index in [0.29, 0.717) is 0 Å². The van der Waals surface area contributed by atoms with Crippen molar-refractivity contribution in [3.8, 4) is 5.75 Å². The van der Waals surface area contributed by atoms with Crippen LogP contribution in [0.4, 0.5) is 15.8 Å². The average Bonchev–Trinajstić information content (AvgIpc) is 2.61. The van der Waals surface area contributed by atoms with Crippen LogP contribution in [0.2, 0.25) is 5.02 Å². The number of ether oxygens (including phenoxy) is 1. The maximum atomic E-state index is 13.3. The number of fused-ring (bicyclic) bond motifs is 1. The predicted octanol–water partition coefficient (Wildman–Crippen LogP) is 3.32. The van der Waals surface area contributed by atoms with Gasteiger partial charge in [-0.3, -0.25) is 14.5 Å². The van der Waals surface area contributed by atoms with Gasteiger partial charge < -0.3 is 15.2 Å². The Morgan fingerprint density at radius 1 is 1.25 bits per heavy atom. The molecule has 7 nitrogen and oxygen atoms in total. The lowest BCUT2D eigenvalue weighted by molar-refractivity contribution is -0.133. The summed E-state index contributed by atoms with van der Waals surface area (Å²) in [6.07, 6.45) is 0. The largest absolute Gasteiger partial charge is 0.478 e. The van der Waals surface area contributed by atoms with Crippen LogP contribution in [-0.2, 0) is 9.59 Å². The van der Waals surface area contributed by atoms with E-state index in [9.17, 15) is 23.9 Å². The number of carboxylic acids is 1. The van der Waals surface area contributed by atoms with Gasteiger partial charge in [0.05, 0.1) is 16.3 Å². The third-order valence-electron chi connectivity index (χ3n) is 4.13. The third-order valence-corrected chi connectivity index (χ3v) is 4.42. The third kappa shape index (κ3) is 3.77. The highest BCUT2D eigenvalue weighted by atomic mass is 35.5. The summed E-state index contributed by atoms with van der Waals surface area (Å²) in [6, 6.07) is 7.75. The van der Waals surface area contributed by atoms with Crippen LogP contribution in [0.5, 0.6) is 5.75 Å². The molecule has 0 aliphatic carbocycles. The van der Waals surface area contributed by atoms with Crippen molar-refractivity contribution in [3.63, 3.8) is 0 Å². The first kappa shape index (κ1) is 19.6. The van der Waals surface area contributed by atoms with Crippen LogP contribution in [0, 0.1) is 5.82 Å². The summed E-state index contributed by atoms with van der Waals surface area (Å²) in [5, 5.41) is 11.6. The Morgan fingerprint density at radius 2 is 1.96 bits per heavy atom. The van der Waals surface area contributed by atoms with E-state index in [4.69, 9.17) is 16.3 Å². The molecule has 0 aromatic heterocycles. The van der Waals surface area contributed by atoms with Gasteiger partial charge in [0.2, 0.25) is 5.91 Å². The fourth-order valence-electron chi connectivity index (χ4n) is 2.78. The van der Waals surface area contributed by atoms with Crippen molar-refractivity contribution >= 4 is 40.8 Å². The van der Waals surface area contributed by atoms with E-state index in [2.05, 4.69) is 5.32 Å². The number of aromatic carboxylic acids is 1. The van der Waals surface area contributed by atoms with Crippen molar-refractivity contribution in [2.75, 3.05) is 16.8 Å². The Balaban J connectivity index is 1.90. The molecule has 28 heavy (non-hydrogen) atoms. The number of hydrogen-bond donors (Lipinski definition) is 2. The molecule has 1 aliphatic heterocycles. The fourth-order valence-corrected chi connectivity index (χ4v) is 2.96. The van der Waals surface area contributed by atoms with Crippen molar-refractivity contribution < 1.29 is 28.6 Å². The number of nitrogens with zero attached hydrogens (tertiary/aromatic N) is 1. The molecular weight excluding hydrogens is 391 g/mol. The molecule has 0 fully saturated rings. The second kappa shape index (κ2) is 7.12. The Bertz CT molecular complexity index is 992. The molecule has 2 aromatic rings. The monoisotopic (exact) mass is 406 g/mol. The molecule has 2 N–H and O–H groups in total. The number of rotatable bonds is 4. The van der Waals surface area contributed by atoms with Crippen LogP contribution in [0.3, 0.4) is 0 Å². The van der Waals surface area contributed by atoms with E-state index >= 15 is 0 Å². The van der Waals surface area contributed by atoms with Crippen LogP contribution >= 0.6 is 11.6 Å². The standard InChI is InChI=1S/C19H16ClFN2O5/c1-19(2)18(27)23(14-7-10(17(25)26)3-6-15(14)28-19)9-16(24)22-11-4-5-13(21)12(20)8-11/h3-8H,9H2,1-2H3,(H,22,24)(H,25,26). The van der Waals surface area contributed by atoms with Crippen LogP contribution in [0.25, 0.3) is 0 Å². The van der Waals surface area contributed by atoms with Gasteiger partial charge in [0, 0.05) is 5.69 Å². The van der Waals surface area contributed by atoms with Crippen molar-refractivity contribution in [2.45, 2.75) is 19.4 Å². The number of anilines is 2. The zero-order valence-electron chi connectivity index (χ0n) is 15.0. The van der Waals surface area contributed by atoms with Gasteiger partial charge in [-0.2, -0.15) is 0 Å². The molecule has 0 bridgehead atoms. The first-order valence-corrected chi connectivity index (χ1v) is 8.59. The van der Waals surface area contributed by atoms with Gasteiger partial charge in [-0.1, -0.05) is 11.6 Å². The molecule has 0 unspecified atom stereocenters. The van der Waals surface area contributed by atoms with E-state index in [1.54, 1.807) is 13.8 Å². The molecule has 1 aliphatic rings. The highest BCUT2D eigenvalue weighted by molar-refractivity contribution is 6.31. The van der Waals surface area contributed by atoms with Gasteiger partial charge in [0.25, 0.3) is 5.91 Å². The minimum Gasteiger partial charge on any atom is -0.478 e. The van der Waals surface area contributed by atoms with Crippen LogP contribution in [0.15, 0.2) is 36.4 Å².